The minimum atomic E-state index is -0.319. The maximum Gasteiger partial charge on any atom is 0.239 e. The number of nitrogens with zero attached hydrogens (tertiary/aromatic N) is 1. The number of thiazole rings is 1. The Balaban J connectivity index is 1.30. The Kier molecular flexibility index (Phi) is 8.53. The molecule has 0 radical (unpaired) electrons. The van der Waals surface area contributed by atoms with E-state index in [1.807, 2.05) is 42.6 Å². The van der Waals surface area contributed by atoms with Gasteiger partial charge in [-0.15, -0.1) is 23.1 Å². The average molecular weight is 535 g/mol. The molecule has 0 aliphatic heterocycles. The van der Waals surface area contributed by atoms with E-state index in [4.69, 9.17) is 23.2 Å². The van der Waals surface area contributed by atoms with Crippen LogP contribution in [0, 0.1) is 5.92 Å². The summed E-state index contributed by atoms with van der Waals surface area (Å²) in [6.45, 7) is 1.85. The highest BCUT2D eigenvalue weighted by atomic mass is 35.5. The molecule has 0 bridgehead atoms. The average Bonchev–Trinajstić information content (AvgIpc) is 3.31. The number of amides is 2. The third-order valence-electron chi connectivity index (χ3n) is 5.73. The van der Waals surface area contributed by atoms with Gasteiger partial charge < -0.3 is 10.6 Å². The van der Waals surface area contributed by atoms with Gasteiger partial charge in [0.2, 0.25) is 11.8 Å². The van der Waals surface area contributed by atoms with E-state index in [1.165, 1.54) is 29.5 Å². The van der Waals surface area contributed by atoms with Gasteiger partial charge in [0.15, 0.2) is 5.13 Å². The number of hydrogen-bond acceptors (Lipinski definition) is 5. The maximum atomic E-state index is 12.7. The maximum absolute atomic E-state index is 12.7. The van der Waals surface area contributed by atoms with Gasteiger partial charge in [-0.2, -0.15) is 0 Å². The number of halogens is 2. The molecule has 1 aromatic heterocycles. The highest BCUT2D eigenvalue weighted by Crippen LogP contribution is 2.31. The van der Waals surface area contributed by atoms with Crippen LogP contribution in [0.25, 0.3) is 11.3 Å². The first kappa shape index (κ1) is 25.0. The quantitative estimate of drug-likeness (QED) is 0.304. The van der Waals surface area contributed by atoms with Crippen molar-refractivity contribution in [1.29, 1.82) is 0 Å². The highest BCUT2D eigenvalue weighted by Gasteiger charge is 2.21. The van der Waals surface area contributed by atoms with Crippen molar-refractivity contribution >= 4 is 68.9 Å². The number of thioether (sulfide) groups is 1. The van der Waals surface area contributed by atoms with Crippen molar-refractivity contribution in [2.24, 2.45) is 5.92 Å². The molecule has 34 heavy (non-hydrogen) atoms. The van der Waals surface area contributed by atoms with Gasteiger partial charge in [0.25, 0.3) is 0 Å². The minimum absolute atomic E-state index is 0.108. The molecule has 1 aliphatic rings. The monoisotopic (exact) mass is 533 g/mol. The molecule has 1 heterocycles. The second-order valence-corrected chi connectivity index (χ2v) is 11.4. The molecule has 1 aliphatic carbocycles. The predicted molar refractivity (Wildman–Crippen MR) is 143 cm³/mol. The first-order valence-corrected chi connectivity index (χ1v) is 13.7. The molecule has 2 N–H and O–H groups in total. The molecular weight excluding hydrogens is 509 g/mol. The van der Waals surface area contributed by atoms with Crippen molar-refractivity contribution in [2.75, 3.05) is 10.6 Å². The van der Waals surface area contributed by atoms with Gasteiger partial charge >= 0.3 is 0 Å². The highest BCUT2D eigenvalue weighted by molar-refractivity contribution is 8.00. The van der Waals surface area contributed by atoms with Gasteiger partial charge in [-0.3, -0.25) is 9.59 Å². The topological polar surface area (TPSA) is 71.1 Å². The molecule has 5 nitrogen and oxygen atoms in total. The lowest BCUT2D eigenvalue weighted by atomic mass is 9.88. The number of rotatable bonds is 7. The zero-order valence-corrected chi connectivity index (χ0v) is 21.8. The van der Waals surface area contributed by atoms with Gasteiger partial charge in [-0.05, 0) is 56.2 Å². The van der Waals surface area contributed by atoms with E-state index in [1.54, 1.807) is 12.1 Å². The van der Waals surface area contributed by atoms with E-state index in [0.29, 0.717) is 15.2 Å². The van der Waals surface area contributed by atoms with Gasteiger partial charge in [0.05, 0.1) is 21.0 Å². The molecule has 1 fully saturated rings. The molecule has 1 atom stereocenters. The number of aromatic nitrogens is 1. The van der Waals surface area contributed by atoms with Crippen LogP contribution < -0.4 is 10.6 Å². The van der Waals surface area contributed by atoms with E-state index in [9.17, 15) is 9.59 Å². The van der Waals surface area contributed by atoms with Crippen molar-refractivity contribution in [3.63, 3.8) is 0 Å². The molecule has 178 valence electrons. The van der Waals surface area contributed by atoms with E-state index >= 15 is 0 Å². The number of carbonyl (C=O) groups excluding carboxylic acids is 2. The van der Waals surface area contributed by atoms with Crippen LogP contribution in [-0.4, -0.2) is 22.0 Å². The summed E-state index contributed by atoms with van der Waals surface area (Å²) in [7, 11) is 0. The van der Waals surface area contributed by atoms with Crippen LogP contribution in [0.4, 0.5) is 10.8 Å². The Morgan fingerprint density at radius 1 is 1.03 bits per heavy atom. The summed E-state index contributed by atoms with van der Waals surface area (Å²) in [4.78, 5) is 30.6. The second-order valence-electron chi connectivity index (χ2n) is 8.26. The summed E-state index contributed by atoms with van der Waals surface area (Å²) in [5, 5.41) is 8.93. The zero-order chi connectivity index (χ0) is 24.1. The van der Waals surface area contributed by atoms with Crippen molar-refractivity contribution in [1.82, 2.24) is 4.98 Å². The summed E-state index contributed by atoms with van der Waals surface area (Å²) in [5.41, 5.74) is 2.35. The van der Waals surface area contributed by atoms with Gasteiger partial charge in [0, 0.05) is 27.4 Å². The Morgan fingerprint density at radius 2 is 1.76 bits per heavy atom. The molecule has 4 rings (SSSR count). The Morgan fingerprint density at radius 3 is 2.47 bits per heavy atom. The van der Waals surface area contributed by atoms with Gasteiger partial charge in [-0.1, -0.05) is 48.5 Å². The summed E-state index contributed by atoms with van der Waals surface area (Å²) in [5.74, 6) is 0.0980. The molecule has 9 heteroatoms. The lowest BCUT2D eigenvalue weighted by Gasteiger charge is -2.20. The van der Waals surface area contributed by atoms with Gasteiger partial charge in [0.1, 0.15) is 0 Å². The smallest absolute Gasteiger partial charge is 0.239 e. The third-order valence-corrected chi connectivity index (χ3v) is 8.34. The van der Waals surface area contributed by atoms with E-state index in [0.717, 1.165) is 47.5 Å². The lowest BCUT2D eigenvalue weighted by Crippen LogP contribution is -2.24. The SMILES string of the molecule is CC(Sc1ccc(NC(=O)C2CCCCC2)cc1)C(=O)Nc1nc(-c2ccc(Cl)c(Cl)c2)cs1. The van der Waals surface area contributed by atoms with Crippen LogP contribution in [-0.2, 0) is 9.59 Å². The molecule has 2 aromatic carbocycles. The number of nitrogens with one attached hydrogen (secondary N) is 2. The van der Waals surface area contributed by atoms with Crippen molar-refractivity contribution in [2.45, 2.75) is 49.2 Å². The molecule has 0 saturated heterocycles. The van der Waals surface area contributed by atoms with E-state index < -0.39 is 0 Å². The molecule has 2 amide bonds. The van der Waals surface area contributed by atoms with Crippen molar-refractivity contribution in [3.8, 4) is 11.3 Å². The van der Waals surface area contributed by atoms with E-state index in [-0.39, 0.29) is 23.0 Å². The third kappa shape index (κ3) is 6.54. The fourth-order valence-corrected chi connectivity index (χ4v) is 5.70. The number of anilines is 2. The van der Waals surface area contributed by atoms with Gasteiger partial charge in [-0.25, -0.2) is 4.98 Å². The Labute approximate surface area is 217 Å². The fourth-order valence-electron chi connectivity index (χ4n) is 3.81. The predicted octanol–water partition coefficient (Wildman–Crippen LogP) is 7.76. The summed E-state index contributed by atoms with van der Waals surface area (Å²) >= 11 is 14.9. The number of carbonyl (C=O) groups is 2. The Hall–Kier alpha value is -2.06. The molecule has 1 unspecified atom stereocenters. The second kappa shape index (κ2) is 11.6. The molecule has 0 spiro atoms. The molecule has 3 aromatic rings. The summed E-state index contributed by atoms with van der Waals surface area (Å²) in [6.07, 6.45) is 5.43. The molecular formula is C25H25Cl2N3O2S2. The van der Waals surface area contributed by atoms with Crippen LogP contribution in [0.2, 0.25) is 10.0 Å². The first-order chi connectivity index (χ1) is 16.4. The molecule has 1 saturated carbocycles. The van der Waals surface area contributed by atoms with Crippen molar-refractivity contribution in [3.05, 3.63) is 57.9 Å². The summed E-state index contributed by atoms with van der Waals surface area (Å²) in [6, 6.07) is 12.9. The van der Waals surface area contributed by atoms with Crippen LogP contribution >= 0.6 is 46.3 Å². The normalized spacial score (nSPS) is 15.0. The fraction of sp³-hybridized carbons (Fsp3) is 0.320. The van der Waals surface area contributed by atoms with E-state index in [2.05, 4.69) is 15.6 Å². The lowest BCUT2D eigenvalue weighted by molar-refractivity contribution is -0.120. The summed E-state index contributed by atoms with van der Waals surface area (Å²) < 4.78 is 0. The standard InChI is InChI=1S/C25H25Cl2N3O2S2/c1-15(23(31)30-25-29-22(14-33-25)17-7-12-20(26)21(27)13-17)34-19-10-8-18(9-11-19)28-24(32)16-5-3-2-4-6-16/h7-16H,2-6H2,1H3,(H,28,32)(H,29,30,31). The number of hydrogen-bond donors (Lipinski definition) is 2. The Bertz CT molecular complexity index is 1160. The van der Waals surface area contributed by atoms with Crippen LogP contribution in [0.15, 0.2) is 52.7 Å². The number of benzene rings is 2. The van der Waals surface area contributed by atoms with Crippen LogP contribution in [0.1, 0.15) is 39.0 Å². The van der Waals surface area contributed by atoms with Crippen LogP contribution in [0.3, 0.4) is 0 Å². The van der Waals surface area contributed by atoms with Crippen molar-refractivity contribution < 1.29 is 9.59 Å². The largest absolute Gasteiger partial charge is 0.326 e. The zero-order valence-electron chi connectivity index (χ0n) is 18.6. The van der Waals surface area contributed by atoms with Crippen LogP contribution in [0.5, 0.6) is 0 Å². The minimum Gasteiger partial charge on any atom is -0.326 e. The first-order valence-electron chi connectivity index (χ1n) is 11.2.